The van der Waals surface area contributed by atoms with Gasteiger partial charge in [0, 0.05) is 12.0 Å². The number of unbranched alkanes of at least 4 members (excludes halogenated alkanes) is 3. The number of aliphatic carboxylic acids is 1. The van der Waals surface area contributed by atoms with E-state index in [4.69, 9.17) is 15.1 Å². The smallest absolute Gasteiger partial charge is 0.303 e. The average molecular weight is 496 g/mol. The number of rotatable bonds is 16. The van der Waals surface area contributed by atoms with Crippen LogP contribution in [0.5, 0.6) is 5.75 Å². The number of allylic oxidation sites excluding steroid dienone is 1. The highest BCUT2D eigenvalue weighted by atomic mass is 16.5. The summed E-state index contributed by atoms with van der Waals surface area (Å²) in [4.78, 5) is 10.9. The van der Waals surface area contributed by atoms with Gasteiger partial charge in [-0.15, -0.1) is 0 Å². The first-order valence-corrected chi connectivity index (χ1v) is 13.3. The summed E-state index contributed by atoms with van der Waals surface area (Å²) in [5.41, 5.74) is 4.27. The summed E-state index contributed by atoms with van der Waals surface area (Å²) in [6, 6.07) is 28.6. The SMILES string of the molecule is N#Cc1ccc(CC(C=Cc2ccccc2OCCCCCc2ccccc2)CCCCC(=O)O)cc1. The van der Waals surface area contributed by atoms with E-state index in [0.29, 0.717) is 18.6 Å². The van der Waals surface area contributed by atoms with Crippen LogP contribution in [0.15, 0.2) is 84.9 Å². The van der Waals surface area contributed by atoms with Gasteiger partial charge in [-0.3, -0.25) is 4.79 Å². The maximum atomic E-state index is 10.9. The first kappa shape index (κ1) is 27.7. The number of nitriles is 1. The minimum Gasteiger partial charge on any atom is -0.493 e. The van der Waals surface area contributed by atoms with Crippen LogP contribution in [0.4, 0.5) is 0 Å². The Labute approximate surface area is 221 Å². The predicted octanol–water partition coefficient (Wildman–Crippen LogP) is 7.87. The molecule has 1 atom stereocenters. The number of hydrogen-bond donors (Lipinski definition) is 1. The van der Waals surface area contributed by atoms with E-state index in [9.17, 15) is 4.79 Å². The predicted molar refractivity (Wildman–Crippen MR) is 149 cm³/mol. The highest BCUT2D eigenvalue weighted by Gasteiger charge is 2.09. The topological polar surface area (TPSA) is 70.3 Å². The third kappa shape index (κ3) is 10.8. The molecule has 0 aliphatic heterocycles. The molecule has 4 nitrogen and oxygen atoms in total. The van der Waals surface area contributed by atoms with E-state index in [2.05, 4.69) is 54.6 Å². The molecule has 0 amide bonds. The van der Waals surface area contributed by atoms with Gasteiger partial charge < -0.3 is 9.84 Å². The van der Waals surface area contributed by atoms with Gasteiger partial charge in [0.25, 0.3) is 0 Å². The van der Waals surface area contributed by atoms with Gasteiger partial charge in [-0.2, -0.15) is 5.26 Å². The number of aryl methyl sites for hydroxylation is 1. The largest absolute Gasteiger partial charge is 0.493 e. The molecule has 0 aliphatic carbocycles. The molecule has 37 heavy (non-hydrogen) atoms. The van der Waals surface area contributed by atoms with E-state index < -0.39 is 5.97 Å². The van der Waals surface area contributed by atoms with Crippen molar-refractivity contribution in [1.29, 1.82) is 5.26 Å². The van der Waals surface area contributed by atoms with Crippen molar-refractivity contribution in [2.75, 3.05) is 6.61 Å². The lowest BCUT2D eigenvalue weighted by atomic mass is 9.92. The number of carbonyl (C=O) groups is 1. The fourth-order valence-corrected chi connectivity index (χ4v) is 4.39. The van der Waals surface area contributed by atoms with Gasteiger partial charge in [-0.05, 0) is 80.2 Å². The van der Waals surface area contributed by atoms with Crippen LogP contribution in [-0.4, -0.2) is 17.7 Å². The number of para-hydroxylation sites is 1. The fraction of sp³-hybridized carbons (Fsp3) is 0.333. The molecule has 4 heteroatoms. The first-order valence-electron chi connectivity index (χ1n) is 13.3. The summed E-state index contributed by atoms with van der Waals surface area (Å²) in [5, 5.41) is 18.0. The Morgan fingerprint density at radius 3 is 2.38 bits per heavy atom. The van der Waals surface area contributed by atoms with E-state index in [-0.39, 0.29) is 12.3 Å². The molecule has 0 aromatic heterocycles. The molecule has 1 N–H and O–H groups in total. The molecule has 0 saturated carbocycles. The second kappa shape index (κ2) is 16.0. The maximum Gasteiger partial charge on any atom is 0.303 e. The summed E-state index contributed by atoms with van der Waals surface area (Å²) in [6.45, 7) is 0.698. The second-order valence-electron chi connectivity index (χ2n) is 9.45. The van der Waals surface area contributed by atoms with E-state index in [1.807, 2.05) is 42.5 Å². The molecule has 1 unspecified atom stereocenters. The maximum absolute atomic E-state index is 10.9. The van der Waals surface area contributed by atoms with Crippen LogP contribution in [0.2, 0.25) is 0 Å². The fourth-order valence-electron chi connectivity index (χ4n) is 4.39. The van der Waals surface area contributed by atoms with E-state index in [1.54, 1.807) is 0 Å². The Morgan fingerprint density at radius 1 is 0.865 bits per heavy atom. The Bertz CT molecular complexity index is 1150. The monoisotopic (exact) mass is 495 g/mol. The van der Waals surface area contributed by atoms with Crippen LogP contribution in [-0.2, 0) is 17.6 Å². The van der Waals surface area contributed by atoms with Crippen molar-refractivity contribution < 1.29 is 14.6 Å². The molecule has 0 saturated heterocycles. The lowest BCUT2D eigenvalue weighted by molar-refractivity contribution is -0.137. The molecule has 0 spiro atoms. The van der Waals surface area contributed by atoms with Crippen molar-refractivity contribution in [3.63, 3.8) is 0 Å². The van der Waals surface area contributed by atoms with Crippen molar-refractivity contribution in [3.8, 4) is 11.8 Å². The molecular formula is C33H37NO3. The summed E-state index contributed by atoms with van der Waals surface area (Å²) >= 11 is 0. The molecular weight excluding hydrogens is 458 g/mol. The molecule has 0 heterocycles. The zero-order valence-corrected chi connectivity index (χ0v) is 21.5. The highest BCUT2D eigenvalue weighted by molar-refractivity contribution is 5.66. The van der Waals surface area contributed by atoms with E-state index >= 15 is 0 Å². The Hall–Kier alpha value is -3.84. The van der Waals surface area contributed by atoms with Crippen molar-refractivity contribution in [3.05, 3.63) is 107 Å². The number of hydrogen-bond acceptors (Lipinski definition) is 3. The summed E-state index contributed by atoms with van der Waals surface area (Å²) in [5.74, 6) is 0.419. The molecule has 192 valence electrons. The van der Waals surface area contributed by atoms with Crippen LogP contribution in [0, 0.1) is 17.2 Å². The Balaban J connectivity index is 1.54. The highest BCUT2D eigenvalue weighted by Crippen LogP contribution is 2.24. The Morgan fingerprint density at radius 2 is 1.62 bits per heavy atom. The molecule has 3 aromatic rings. The van der Waals surface area contributed by atoms with E-state index in [1.165, 1.54) is 11.1 Å². The van der Waals surface area contributed by atoms with Crippen LogP contribution in [0.25, 0.3) is 6.08 Å². The number of nitrogens with zero attached hydrogens (tertiary/aromatic N) is 1. The van der Waals surface area contributed by atoms with Crippen molar-refractivity contribution in [2.24, 2.45) is 5.92 Å². The second-order valence-corrected chi connectivity index (χ2v) is 9.45. The zero-order valence-electron chi connectivity index (χ0n) is 21.5. The van der Waals surface area contributed by atoms with Crippen molar-refractivity contribution >= 4 is 12.0 Å². The van der Waals surface area contributed by atoms with Gasteiger partial charge in [0.1, 0.15) is 5.75 Å². The van der Waals surface area contributed by atoms with E-state index in [0.717, 1.165) is 56.3 Å². The van der Waals surface area contributed by atoms with Crippen LogP contribution in [0.3, 0.4) is 0 Å². The molecule has 0 bridgehead atoms. The number of ether oxygens (including phenoxy) is 1. The number of carboxylic acids is 1. The third-order valence-electron chi connectivity index (χ3n) is 6.47. The standard InChI is InChI=1S/C33H37NO3/c34-26-30-20-18-29(19-21-30)25-28(14-6-9-17-33(35)36)22-23-31-15-7-8-16-32(31)37-24-10-2-5-13-27-11-3-1-4-12-27/h1,3-4,7-8,11-12,15-16,18-23,28H,2,5-6,9-10,13-14,17,24-25H2,(H,35,36). The first-order chi connectivity index (χ1) is 18.1. The summed E-state index contributed by atoms with van der Waals surface area (Å²) in [7, 11) is 0. The molecule has 0 fully saturated rings. The quantitative estimate of drug-likeness (QED) is 0.205. The van der Waals surface area contributed by atoms with Gasteiger partial charge >= 0.3 is 5.97 Å². The molecule has 0 aliphatic rings. The minimum absolute atomic E-state index is 0.204. The van der Waals surface area contributed by atoms with Crippen LogP contribution >= 0.6 is 0 Å². The van der Waals surface area contributed by atoms with Gasteiger partial charge in [0.05, 0.1) is 18.2 Å². The lowest BCUT2D eigenvalue weighted by Crippen LogP contribution is -2.03. The number of benzene rings is 3. The average Bonchev–Trinajstić information content (AvgIpc) is 2.93. The molecule has 0 radical (unpaired) electrons. The zero-order chi connectivity index (χ0) is 26.1. The molecule has 3 aromatic carbocycles. The molecule has 3 rings (SSSR count). The van der Waals surface area contributed by atoms with Gasteiger partial charge in [-0.25, -0.2) is 0 Å². The summed E-state index contributed by atoms with van der Waals surface area (Å²) in [6.07, 6.45) is 12.3. The van der Waals surface area contributed by atoms with Gasteiger partial charge in [-0.1, -0.05) is 79.2 Å². The number of carboxylic acid groups (broad SMARTS) is 1. The van der Waals surface area contributed by atoms with Gasteiger partial charge in [0.2, 0.25) is 0 Å². The van der Waals surface area contributed by atoms with Crippen LogP contribution < -0.4 is 4.74 Å². The Kier molecular flexibility index (Phi) is 12.0. The minimum atomic E-state index is -0.745. The van der Waals surface area contributed by atoms with Gasteiger partial charge in [0.15, 0.2) is 0 Å². The van der Waals surface area contributed by atoms with Crippen molar-refractivity contribution in [2.45, 2.75) is 57.8 Å². The van der Waals surface area contributed by atoms with Crippen molar-refractivity contribution in [1.82, 2.24) is 0 Å². The van der Waals surface area contributed by atoms with Crippen LogP contribution in [0.1, 0.15) is 67.2 Å². The lowest BCUT2D eigenvalue weighted by Gasteiger charge is -2.14. The normalized spacial score (nSPS) is 11.8. The third-order valence-corrected chi connectivity index (χ3v) is 6.47. The summed E-state index contributed by atoms with van der Waals surface area (Å²) < 4.78 is 6.14.